The second kappa shape index (κ2) is 7.02. The first-order valence-electron chi connectivity index (χ1n) is 6.14. The van der Waals surface area contributed by atoms with Gasteiger partial charge in [0.05, 0.1) is 11.0 Å². The highest BCUT2D eigenvalue weighted by Gasteiger charge is 2.22. The number of rotatable bonds is 6. The van der Waals surface area contributed by atoms with Gasteiger partial charge in [0.15, 0.2) is 0 Å². The van der Waals surface area contributed by atoms with E-state index >= 15 is 0 Å². The van der Waals surface area contributed by atoms with Gasteiger partial charge in [-0.25, -0.2) is 13.2 Å². The van der Waals surface area contributed by atoms with E-state index in [0.29, 0.717) is 11.1 Å². The van der Waals surface area contributed by atoms with Crippen molar-refractivity contribution in [1.82, 2.24) is 4.31 Å². The Morgan fingerprint density at radius 3 is 2.71 bits per heavy atom. The number of nitrogens with zero attached hydrogens (tertiary/aromatic N) is 2. The van der Waals surface area contributed by atoms with Gasteiger partial charge in [-0.15, -0.1) is 0 Å². The van der Waals surface area contributed by atoms with Gasteiger partial charge in [0.25, 0.3) is 0 Å². The zero-order chi connectivity index (χ0) is 16.0. The monoisotopic (exact) mass is 308 g/mol. The van der Waals surface area contributed by atoms with Crippen LogP contribution in [0.5, 0.6) is 0 Å². The predicted molar refractivity (Wildman–Crippen MR) is 77.9 cm³/mol. The normalized spacial score (nSPS) is 11.7. The molecule has 0 saturated heterocycles. The van der Waals surface area contributed by atoms with Crippen LogP contribution in [0.4, 0.5) is 0 Å². The smallest absolute Gasteiger partial charge is 0.328 e. The lowest BCUT2D eigenvalue weighted by atomic mass is 10.1. The van der Waals surface area contributed by atoms with Crippen LogP contribution in [0.15, 0.2) is 29.2 Å². The summed E-state index contributed by atoms with van der Waals surface area (Å²) in [6.45, 7) is 1.77. The van der Waals surface area contributed by atoms with E-state index in [1.54, 1.807) is 19.1 Å². The third-order valence-electron chi connectivity index (χ3n) is 2.86. The van der Waals surface area contributed by atoms with Crippen LogP contribution in [0.1, 0.15) is 17.5 Å². The van der Waals surface area contributed by atoms with Crippen LogP contribution in [0.3, 0.4) is 0 Å². The second-order valence-electron chi connectivity index (χ2n) is 4.43. The molecule has 7 heteroatoms. The highest BCUT2D eigenvalue weighted by Crippen LogP contribution is 2.21. The Balaban J connectivity index is 3.20. The quantitative estimate of drug-likeness (QED) is 0.805. The Morgan fingerprint density at radius 1 is 1.48 bits per heavy atom. The van der Waals surface area contributed by atoms with Crippen LogP contribution in [-0.4, -0.2) is 37.4 Å². The lowest BCUT2D eigenvalue weighted by Gasteiger charge is -2.17. The molecule has 0 atom stereocenters. The Morgan fingerprint density at radius 2 is 2.14 bits per heavy atom. The number of sulfonamides is 1. The van der Waals surface area contributed by atoms with E-state index in [-0.39, 0.29) is 17.9 Å². The van der Waals surface area contributed by atoms with Crippen LogP contribution in [0.2, 0.25) is 0 Å². The maximum Gasteiger partial charge on any atom is 0.328 e. The molecule has 1 aromatic rings. The van der Waals surface area contributed by atoms with Gasteiger partial charge < -0.3 is 5.11 Å². The van der Waals surface area contributed by atoms with E-state index < -0.39 is 16.0 Å². The van der Waals surface area contributed by atoms with Gasteiger partial charge >= 0.3 is 5.97 Å². The Hall–Kier alpha value is -2.17. The number of carboxylic acids is 1. The van der Waals surface area contributed by atoms with Crippen molar-refractivity contribution in [3.8, 4) is 6.07 Å². The van der Waals surface area contributed by atoms with Gasteiger partial charge in [-0.05, 0) is 30.2 Å². The highest BCUT2D eigenvalue weighted by molar-refractivity contribution is 7.89. The van der Waals surface area contributed by atoms with Gasteiger partial charge in [0, 0.05) is 26.1 Å². The number of carboxylic acid groups (broad SMARTS) is 1. The molecule has 0 aliphatic heterocycles. The van der Waals surface area contributed by atoms with Gasteiger partial charge in [-0.2, -0.15) is 9.57 Å². The molecule has 0 aromatic heterocycles. The van der Waals surface area contributed by atoms with Crippen molar-refractivity contribution in [2.75, 3.05) is 13.6 Å². The summed E-state index contributed by atoms with van der Waals surface area (Å²) in [6, 6.07) is 6.58. The second-order valence-corrected chi connectivity index (χ2v) is 6.44. The SMILES string of the molecule is Cc1ccc(C=CC(=O)O)cc1S(=O)(=O)N(C)CCC#N. The summed E-state index contributed by atoms with van der Waals surface area (Å²) in [5, 5.41) is 17.1. The highest BCUT2D eigenvalue weighted by atomic mass is 32.2. The van der Waals surface area contributed by atoms with Crippen molar-refractivity contribution in [3.63, 3.8) is 0 Å². The molecule has 112 valence electrons. The van der Waals surface area contributed by atoms with Crippen molar-refractivity contribution in [3.05, 3.63) is 35.4 Å². The van der Waals surface area contributed by atoms with Crippen LogP contribution >= 0.6 is 0 Å². The molecule has 1 aromatic carbocycles. The molecule has 0 fully saturated rings. The van der Waals surface area contributed by atoms with Crippen molar-refractivity contribution >= 4 is 22.1 Å². The predicted octanol–water partition coefficient (Wildman–Crippen LogP) is 1.63. The number of benzene rings is 1. The van der Waals surface area contributed by atoms with Crippen molar-refractivity contribution in [2.45, 2.75) is 18.2 Å². The first-order chi connectivity index (χ1) is 9.78. The summed E-state index contributed by atoms with van der Waals surface area (Å²) in [5.74, 6) is -1.11. The zero-order valence-electron chi connectivity index (χ0n) is 11.8. The van der Waals surface area contributed by atoms with E-state index in [1.165, 1.54) is 19.2 Å². The van der Waals surface area contributed by atoms with Crippen molar-refractivity contribution < 1.29 is 18.3 Å². The summed E-state index contributed by atoms with van der Waals surface area (Å²) in [7, 11) is -2.29. The molecular weight excluding hydrogens is 292 g/mol. The number of aliphatic carboxylic acids is 1. The molecule has 0 saturated carbocycles. The lowest BCUT2D eigenvalue weighted by molar-refractivity contribution is -0.131. The van der Waals surface area contributed by atoms with E-state index in [2.05, 4.69) is 0 Å². The minimum atomic E-state index is -3.70. The minimum Gasteiger partial charge on any atom is -0.478 e. The molecule has 0 aliphatic carbocycles. The molecule has 6 nitrogen and oxygen atoms in total. The first-order valence-corrected chi connectivity index (χ1v) is 7.58. The molecule has 0 amide bonds. The number of hydrogen-bond donors (Lipinski definition) is 1. The van der Waals surface area contributed by atoms with Crippen LogP contribution < -0.4 is 0 Å². The third kappa shape index (κ3) is 4.41. The summed E-state index contributed by atoms with van der Waals surface area (Å²) >= 11 is 0. The Bertz CT molecular complexity index is 702. The molecule has 21 heavy (non-hydrogen) atoms. The fraction of sp³-hybridized carbons (Fsp3) is 0.286. The van der Waals surface area contributed by atoms with Crippen molar-refractivity contribution in [2.24, 2.45) is 0 Å². The first kappa shape index (κ1) is 16.9. The Kier molecular flexibility index (Phi) is 5.64. The fourth-order valence-corrected chi connectivity index (χ4v) is 3.09. The van der Waals surface area contributed by atoms with Crippen molar-refractivity contribution in [1.29, 1.82) is 5.26 Å². The fourth-order valence-electron chi connectivity index (χ4n) is 1.66. The third-order valence-corrected chi connectivity index (χ3v) is 4.86. The van der Waals surface area contributed by atoms with E-state index in [4.69, 9.17) is 10.4 Å². The topological polar surface area (TPSA) is 98.5 Å². The molecule has 0 aliphatic rings. The molecule has 0 unspecified atom stereocenters. The van der Waals surface area contributed by atoms with Crippen LogP contribution in [-0.2, 0) is 14.8 Å². The number of aryl methyl sites for hydroxylation is 1. The van der Waals surface area contributed by atoms with Crippen LogP contribution in [0.25, 0.3) is 6.08 Å². The summed E-state index contributed by atoms with van der Waals surface area (Å²) in [6.07, 6.45) is 2.38. The summed E-state index contributed by atoms with van der Waals surface area (Å²) < 4.78 is 26.0. The van der Waals surface area contributed by atoms with Gasteiger partial charge in [0.2, 0.25) is 10.0 Å². The molecular formula is C14H16N2O4S. The van der Waals surface area contributed by atoms with E-state index in [1.807, 2.05) is 6.07 Å². The number of hydrogen-bond acceptors (Lipinski definition) is 4. The van der Waals surface area contributed by atoms with E-state index in [9.17, 15) is 13.2 Å². The maximum atomic E-state index is 12.4. The van der Waals surface area contributed by atoms with Gasteiger partial charge in [-0.1, -0.05) is 12.1 Å². The zero-order valence-corrected chi connectivity index (χ0v) is 12.6. The Labute approximate surface area is 124 Å². The summed E-state index contributed by atoms with van der Waals surface area (Å²) in [5.41, 5.74) is 1.04. The molecule has 0 heterocycles. The lowest BCUT2D eigenvalue weighted by Crippen LogP contribution is -2.28. The molecule has 0 spiro atoms. The van der Waals surface area contributed by atoms with E-state index in [0.717, 1.165) is 10.4 Å². The van der Waals surface area contributed by atoms with Gasteiger partial charge in [0.1, 0.15) is 0 Å². The number of nitriles is 1. The molecule has 0 bridgehead atoms. The average Bonchev–Trinajstić information content (AvgIpc) is 2.43. The van der Waals surface area contributed by atoms with Crippen LogP contribution in [0, 0.1) is 18.3 Å². The molecule has 1 N–H and O–H groups in total. The van der Waals surface area contributed by atoms with Gasteiger partial charge in [-0.3, -0.25) is 0 Å². The standard InChI is InChI=1S/C14H16N2O4S/c1-11-4-5-12(6-7-14(17)18)10-13(11)21(19,20)16(2)9-3-8-15/h4-7,10H,3,9H2,1-2H3,(H,17,18). The number of carbonyl (C=O) groups is 1. The molecule has 1 rings (SSSR count). The molecule has 0 radical (unpaired) electrons. The average molecular weight is 308 g/mol. The maximum absolute atomic E-state index is 12.4. The summed E-state index contributed by atoms with van der Waals surface area (Å²) in [4.78, 5) is 10.6. The largest absolute Gasteiger partial charge is 0.478 e. The minimum absolute atomic E-state index is 0.105.